The Morgan fingerprint density at radius 3 is 3.05 bits per heavy atom. The van der Waals surface area contributed by atoms with Crippen LogP contribution in [0.3, 0.4) is 0 Å². The number of amides is 1. The zero-order chi connectivity index (χ0) is 13.2. The molecule has 1 unspecified atom stereocenters. The fraction of sp³-hybridized carbons (Fsp3) is 0.333. The lowest BCUT2D eigenvalue weighted by atomic mass is 9.82. The van der Waals surface area contributed by atoms with Crippen LogP contribution < -0.4 is 4.90 Å². The number of anilines is 1. The van der Waals surface area contributed by atoms with Gasteiger partial charge in [0.2, 0.25) is 5.91 Å². The van der Waals surface area contributed by atoms with Crippen LogP contribution in [0.4, 0.5) is 5.13 Å². The normalized spacial score (nSPS) is 17.8. The summed E-state index contributed by atoms with van der Waals surface area (Å²) in [5.41, 5.74) is 2.52. The highest BCUT2D eigenvalue weighted by atomic mass is 32.1. The second-order valence-electron chi connectivity index (χ2n) is 4.86. The van der Waals surface area contributed by atoms with E-state index in [1.54, 1.807) is 11.1 Å². The molecule has 0 saturated carbocycles. The lowest BCUT2D eigenvalue weighted by Gasteiger charge is -2.27. The van der Waals surface area contributed by atoms with Crippen LogP contribution in [0, 0.1) is 0 Å². The number of aromatic nitrogens is 1. The van der Waals surface area contributed by atoms with Gasteiger partial charge in [-0.2, -0.15) is 0 Å². The van der Waals surface area contributed by atoms with Crippen molar-refractivity contribution in [3.05, 3.63) is 47.0 Å². The van der Waals surface area contributed by atoms with Crippen LogP contribution in [0.1, 0.15) is 29.9 Å². The van der Waals surface area contributed by atoms with Crippen LogP contribution in [-0.2, 0) is 11.2 Å². The molecule has 0 fully saturated rings. The molecular formula is C15H16N2OS. The number of benzene rings is 1. The summed E-state index contributed by atoms with van der Waals surface area (Å²) in [7, 11) is 1.82. The zero-order valence-electron chi connectivity index (χ0n) is 10.9. The lowest BCUT2D eigenvalue weighted by molar-refractivity contribution is -0.120. The number of fused-ring (bicyclic) bond motifs is 1. The first-order valence-electron chi connectivity index (χ1n) is 6.52. The van der Waals surface area contributed by atoms with E-state index in [4.69, 9.17) is 0 Å². The third-order valence-corrected chi connectivity index (χ3v) is 4.55. The van der Waals surface area contributed by atoms with Crippen LogP contribution in [0.2, 0.25) is 0 Å². The molecule has 0 radical (unpaired) electrons. The Hall–Kier alpha value is -1.68. The van der Waals surface area contributed by atoms with Crippen molar-refractivity contribution in [3.63, 3.8) is 0 Å². The Morgan fingerprint density at radius 2 is 2.26 bits per heavy atom. The number of rotatable bonds is 2. The summed E-state index contributed by atoms with van der Waals surface area (Å²) in [6, 6.07) is 8.30. The topological polar surface area (TPSA) is 33.2 Å². The van der Waals surface area contributed by atoms with Crippen LogP contribution in [0.5, 0.6) is 0 Å². The molecule has 1 aliphatic carbocycles. The monoisotopic (exact) mass is 272 g/mol. The fourth-order valence-corrected chi connectivity index (χ4v) is 3.33. The van der Waals surface area contributed by atoms with Gasteiger partial charge in [-0.1, -0.05) is 24.3 Å². The highest BCUT2D eigenvalue weighted by Crippen LogP contribution is 2.33. The van der Waals surface area contributed by atoms with Gasteiger partial charge in [0, 0.05) is 18.6 Å². The second kappa shape index (κ2) is 5.13. The first-order chi connectivity index (χ1) is 9.27. The van der Waals surface area contributed by atoms with Crippen molar-refractivity contribution in [2.45, 2.75) is 25.2 Å². The molecule has 0 saturated heterocycles. The summed E-state index contributed by atoms with van der Waals surface area (Å²) < 4.78 is 0. The number of nitrogens with zero attached hydrogens (tertiary/aromatic N) is 2. The molecule has 1 atom stereocenters. The van der Waals surface area contributed by atoms with Gasteiger partial charge in [-0.3, -0.25) is 9.69 Å². The van der Waals surface area contributed by atoms with Crippen molar-refractivity contribution >= 4 is 22.4 Å². The van der Waals surface area contributed by atoms with E-state index in [2.05, 4.69) is 23.2 Å². The number of likely N-dealkylation sites (N-methyl/N-ethyl adjacent to an activating group) is 1. The molecule has 0 aliphatic heterocycles. The molecule has 1 aliphatic rings. The van der Waals surface area contributed by atoms with Gasteiger partial charge in [0.05, 0.1) is 5.92 Å². The van der Waals surface area contributed by atoms with E-state index in [0.29, 0.717) is 0 Å². The maximum absolute atomic E-state index is 12.7. The van der Waals surface area contributed by atoms with Crippen LogP contribution in [-0.4, -0.2) is 17.9 Å². The van der Waals surface area contributed by atoms with E-state index >= 15 is 0 Å². The summed E-state index contributed by atoms with van der Waals surface area (Å²) in [5, 5.41) is 2.67. The van der Waals surface area contributed by atoms with Crippen LogP contribution in [0.15, 0.2) is 35.8 Å². The van der Waals surface area contributed by atoms with Crippen molar-refractivity contribution in [2.75, 3.05) is 11.9 Å². The SMILES string of the molecule is CN(C(=O)C1CCCc2ccccc21)c1nccs1. The Kier molecular flexibility index (Phi) is 3.34. The number of carbonyl (C=O) groups is 1. The lowest BCUT2D eigenvalue weighted by Crippen LogP contribution is -2.33. The minimum Gasteiger partial charge on any atom is -0.291 e. The number of thiazole rings is 1. The number of aryl methyl sites for hydroxylation is 1. The number of hydrogen-bond acceptors (Lipinski definition) is 3. The predicted octanol–water partition coefficient (Wildman–Crippen LogP) is 3.23. The van der Waals surface area contributed by atoms with E-state index in [-0.39, 0.29) is 11.8 Å². The van der Waals surface area contributed by atoms with Crippen molar-refractivity contribution in [3.8, 4) is 0 Å². The van der Waals surface area contributed by atoms with Gasteiger partial charge < -0.3 is 0 Å². The summed E-state index contributed by atoms with van der Waals surface area (Å²) in [4.78, 5) is 18.6. The van der Waals surface area contributed by atoms with Gasteiger partial charge in [-0.25, -0.2) is 4.98 Å². The van der Waals surface area contributed by atoms with Crippen molar-refractivity contribution in [1.29, 1.82) is 0 Å². The minimum absolute atomic E-state index is 0.0150. The van der Waals surface area contributed by atoms with Gasteiger partial charge in [-0.15, -0.1) is 11.3 Å². The van der Waals surface area contributed by atoms with E-state index < -0.39 is 0 Å². The molecule has 0 bridgehead atoms. The van der Waals surface area contributed by atoms with E-state index in [9.17, 15) is 4.79 Å². The first kappa shape index (κ1) is 12.4. The van der Waals surface area contributed by atoms with Crippen LogP contribution >= 0.6 is 11.3 Å². The Bertz CT molecular complexity index is 580. The molecule has 0 N–H and O–H groups in total. The third-order valence-electron chi connectivity index (χ3n) is 3.70. The number of carbonyl (C=O) groups excluding carboxylic acids is 1. The molecular weight excluding hydrogens is 256 g/mol. The van der Waals surface area contributed by atoms with Crippen LogP contribution in [0.25, 0.3) is 0 Å². The molecule has 1 heterocycles. The molecule has 0 spiro atoms. The van der Waals surface area contributed by atoms with Gasteiger partial charge in [0.15, 0.2) is 5.13 Å². The van der Waals surface area contributed by atoms with Gasteiger partial charge in [0.25, 0.3) is 0 Å². The summed E-state index contributed by atoms with van der Waals surface area (Å²) in [6.45, 7) is 0. The Balaban J connectivity index is 1.89. The van der Waals surface area contributed by atoms with E-state index in [1.807, 2.05) is 18.5 Å². The molecule has 19 heavy (non-hydrogen) atoms. The van der Waals surface area contributed by atoms with Crippen molar-refractivity contribution in [2.24, 2.45) is 0 Å². The Morgan fingerprint density at radius 1 is 1.42 bits per heavy atom. The minimum atomic E-state index is -0.0150. The third kappa shape index (κ3) is 2.28. The van der Waals surface area contributed by atoms with Gasteiger partial charge in [-0.05, 0) is 30.4 Å². The van der Waals surface area contributed by atoms with E-state index in [1.165, 1.54) is 22.5 Å². The molecule has 98 valence electrons. The average Bonchev–Trinajstić information content (AvgIpc) is 2.99. The van der Waals surface area contributed by atoms with Crippen molar-refractivity contribution < 1.29 is 4.79 Å². The highest BCUT2D eigenvalue weighted by molar-refractivity contribution is 7.13. The second-order valence-corrected chi connectivity index (χ2v) is 5.73. The average molecular weight is 272 g/mol. The predicted molar refractivity (Wildman–Crippen MR) is 77.6 cm³/mol. The maximum Gasteiger partial charge on any atom is 0.236 e. The quantitative estimate of drug-likeness (QED) is 0.841. The standard InChI is InChI=1S/C15H16N2OS/c1-17(15-16-9-10-19-15)14(18)13-8-4-6-11-5-2-3-7-12(11)13/h2-3,5,7,9-10,13H,4,6,8H2,1H3. The zero-order valence-corrected chi connectivity index (χ0v) is 11.7. The van der Waals surface area contributed by atoms with Crippen molar-refractivity contribution in [1.82, 2.24) is 4.98 Å². The van der Waals surface area contributed by atoms with Gasteiger partial charge >= 0.3 is 0 Å². The fourth-order valence-electron chi connectivity index (χ4n) is 2.72. The molecule has 1 aromatic heterocycles. The first-order valence-corrected chi connectivity index (χ1v) is 7.40. The van der Waals surface area contributed by atoms with E-state index in [0.717, 1.165) is 24.4 Å². The summed E-state index contributed by atoms with van der Waals surface area (Å²) in [6.07, 6.45) is 4.84. The molecule has 3 rings (SSSR count). The summed E-state index contributed by atoms with van der Waals surface area (Å²) in [5.74, 6) is 0.140. The maximum atomic E-state index is 12.7. The van der Waals surface area contributed by atoms with Gasteiger partial charge in [0.1, 0.15) is 0 Å². The highest BCUT2D eigenvalue weighted by Gasteiger charge is 2.29. The smallest absolute Gasteiger partial charge is 0.236 e. The molecule has 3 nitrogen and oxygen atoms in total. The molecule has 1 amide bonds. The number of hydrogen-bond donors (Lipinski definition) is 0. The molecule has 4 heteroatoms. The molecule has 1 aromatic carbocycles. The largest absolute Gasteiger partial charge is 0.291 e. The molecule has 2 aromatic rings. The summed E-state index contributed by atoms with van der Waals surface area (Å²) >= 11 is 1.50. The Labute approximate surface area is 116 Å².